The molecule has 2 N–H and O–H groups in total. The summed E-state index contributed by atoms with van der Waals surface area (Å²) in [7, 11) is 0. The Bertz CT molecular complexity index is 844. The number of carbonyl (C=O) groups is 2. The largest absolute Gasteiger partial charge is 0.379 e. The van der Waals surface area contributed by atoms with Gasteiger partial charge in [-0.1, -0.05) is 42.5 Å². The zero-order valence-electron chi connectivity index (χ0n) is 15.8. The third-order valence-electron chi connectivity index (χ3n) is 5.32. The molecule has 0 aromatic heterocycles. The second kappa shape index (κ2) is 8.54. The number of amides is 2. The predicted octanol–water partition coefficient (Wildman–Crippen LogP) is 2.26. The van der Waals surface area contributed by atoms with Gasteiger partial charge in [-0.3, -0.25) is 14.5 Å². The normalized spacial score (nSPS) is 19.6. The Kier molecular flexibility index (Phi) is 5.69. The highest BCUT2D eigenvalue weighted by Gasteiger charge is 2.30. The fourth-order valence-electron chi connectivity index (χ4n) is 3.74. The molecule has 1 saturated heterocycles. The monoisotopic (exact) mass is 379 g/mol. The van der Waals surface area contributed by atoms with E-state index in [2.05, 4.69) is 39.8 Å². The first-order chi connectivity index (χ1) is 13.7. The Balaban J connectivity index is 1.34. The van der Waals surface area contributed by atoms with Gasteiger partial charge in [0.2, 0.25) is 11.8 Å². The summed E-state index contributed by atoms with van der Waals surface area (Å²) in [5, 5.41) is 5.81. The van der Waals surface area contributed by atoms with Crippen LogP contribution in [0, 0.1) is 0 Å². The fourth-order valence-corrected chi connectivity index (χ4v) is 3.74. The van der Waals surface area contributed by atoms with E-state index in [4.69, 9.17) is 4.74 Å². The summed E-state index contributed by atoms with van der Waals surface area (Å²) < 4.78 is 5.38. The second-order valence-electron chi connectivity index (χ2n) is 7.31. The molecular weight excluding hydrogens is 354 g/mol. The molecule has 1 unspecified atom stereocenters. The predicted molar refractivity (Wildman–Crippen MR) is 107 cm³/mol. The third-order valence-corrected chi connectivity index (χ3v) is 5.32. The minimum atomic E-state index is -0.439. The van der Waals surface area contributed by atoms with Crippen LogP contribution in [0.4, 0.5) is 5.69 Å². The fraction of sp³-hybridized carbons (Fsp3) is 0.364. The summed E-state index contributed by atoms with van der Waals surface area (Å²) in [6.45, 7) is 4.91. The third kappa shape index (κ3) is 4.40. The molecule has 2 amide bonds. The van der Waals surface area contributed by atoms with E-state index in [9.17, 15) is 9.59 Å². The van der Waals surface area contributed by atoms with Crippen molar-refractivity contribution in [2.45, 2.75) is 25.4 Å². The molecule has 0 bridgehead atoms. The molecule has 2 heterocycles. The summed E-state index contributed by atoms with van der Waals surface area (Å²) in [5.41, 5.74) is 3.91. The van der Waals surface area contributed by atoms with Crippen molar-refractivity contribution < 1.29 is 14.3 Å². The molecule has 2 aromatic carbocycles. The van der Waals surface area contributed by atoms with Crippen molar-refractivity contribution >= 4 is 17.5 Å². The molecule has 0 radical (unpaired) electrons. The van der Waals surface area contributed by atoms with Gasteiger partial charge in [-0.25, -0.2) is 0 Å². The minimum Gasteiger partial charge on any atom is -0.379 e. The maximum absolute atomic E-state index is 12.7. The van der Waals surface area contributed by atoms with Gasteiger partial charge in [-0.05, 0) is 22.8 Å². The van der Waals surface area contributed by atoms with Crippen LogP contribution in [0.15, 0.2) is 48.5 Å². The SMILES string of the molecule is O=C1CC(C(=O)NCc2ccc(CN3CCOCC3)cc2)c2ccccc2N1. The van der Waals surface area contributed by atoms with Crippen LogP contribution >= 0.6 is 0 Å². The number of anilines is 1. The zero-order valence-corrected chi connectivity index (χ0v) is 15.8. The number of benzene rings is 2. The molecule has 0 spiro atoms. The summed E-state index contributed by atoms with van der Waals surface area (Å²) >= 11 is 0. The van der Waals surface area contributed by atoms with E-state index < -0.39 is 5.92 Å². The summed E-state index contributed by atoms with van der Waals surface area (Å²) in [6.07, 6.45) is 0.182. The topological polar surface area (TPSA) is 70.7 Å². The molecule has 28 heavy (non-hydrogen) atoms. The number of hydrogen-bond acceptors (Lipinski definition) is 4. The Morgan fingerprint density at radius 2 is 1.79 bits per heavy atom. The maximum atomic E-state index is 12.7. The molecule has 2 aromatic rings. The highest BCUT2D eigenvalue weighted by Crippen LogP contribution is 2.32. The zero-order chi connectivity index (χ0) is 19.3. The van der Waals surface area contributed by atoms with Gasteiger partial charge in [0.1, 0.15) is 0 Å². The van der Waals surface area contributed by atoms with Crippen molar-refractivity contribution in [1.82, 2.24) is 10.2 Å². The molecule has 2 aliphatic rings. The minimum absolute atomic E-state index is 0.111. The highest BCUT2D eigenvalue weighted by molar-refractivity contribution is 6.01. The number of nitrogens with zero attached hydrogens (tertiary/aromatic N) is 1. The average molecular weight is 379 g/mol. The lowest BCUT2D eigenvalue weighted by molar-refractivity contribution is -0.126. The molecule has 2 aliphatic heterocycles. The number of fused-ring (bicyclic) bond motifs is 1. The first-order valence-corrected chi connectivity index (χ1v) is 9.73. The van der Waals surface area contributed by atoms with Crippen LogP contribution in [0.5, 0.6) is 0 Å². The maximum Gasteiger partial charge on any atom is 0.228 e. The van der Waals surface area contributed by atoms with E-state index in [-0.39, 0.29) is 18.2 Å². The quantitative estimate of drug-likeness (QED) is 0.836. The van der Waals surface area contributed by atoms with Crippen molar-refractivity contribution in [2.24, 2.45) is 0 Å². The standard InChI is InChI=1S/C22H25N3O3/c26-21-13-19(18-3-1-2-4-20(18)24-21)22(27)23-14-16-5-7-17(8-6-16)15-25-9-11-28-12-10-25/h1-8,19H,9-15H2,(H,23,27)(H,24,26). The first kappa shape index (κ1) is 18.7. The van der Waals surface area contributed by atoms with Crippen LogP contribution in [0.2, 0.25) is 0 Å². The lowest BCUT2D eigenvalue weighted by Crippen LogP contribution is -2.35. The first-order valence-electron chi connectivity index (χ1n) is 9.73. The molecule has 0 saturated carbocycles. The smallest absolute Gasteiger partial charge is 0.228 e. The molecule has 6 nitrogen and oxygen atoms in total. The van der Waals surface area contributed by atoms with E-state index in [1.807, 2.05) is 24.3 Å². The van der Waals surface area contributed by atoms with Crippen LogP contribution in [0.25, 0.3) is 0 Å². The molecule has 4 rings (SSSR count). The Morgan fingerprint density at radius 3 is 2.57 bits per heavy atom. The van der Waals surface area contributed by atoms with Gasteiger partial charge in [0.05, 0.1) is 19.1 Å². The van der Waals surface area contributed by atoms with Crippen LogP contribution in [0.1, 0.15) is 29.0 Å². The van der Waals surface area contributed by atoms with Gasteiger partial charge in [-0.15, -0.1) is 0 Å². The molecule has 146 valence electrons. The summed E-state index contributed by atoms with van der Waals surface area (Å²) in [4.78, 5) is 27.0. The van der Waals surface area contributed by atoms with E-state index in [0.29, 0.717) is 6.54 Å². The van der Waals surface area contributed by atoms with Crippen molar-refractivity contribution in [1.29, 1.82) is 0 Å². The van der Waals surface area contributed by atoms with Gasteiger partial charge in [0, 0.05) is 38.3 Å². The van der Waals surface area contributed by atoms with Gasteiger partial charge in [0.15, 0.2) is 0 Å². The molecular formula is C22H25N3O3. The van der Waals surface area contributed by atoms with Gasteiger partial charge >= 0.3 is 0 Å². The van der Waals surface area contributed by atoms with Crippen LogP contribution < -0.4 is 10.6 Å². The Hall–Kier alpha value is -2.70. The van der Waals surface area contributed by atoms with Crippen molar-refractivity contribution in [2.75, 3.05) is 31.6 Å². The summed E-state index contributed by atoms with van der Waals surface area (Å²) in [6, 6.07) is 15.8. The van der Waals surface area contributed by atoms with Crippen molar-refractivity contribution in [3.05, 3.63) is 65.2 Å². The number of nitrogens with one attached hydrogen (secondary N) is 2. The Labute approximate surface area is 164 Å². The molecule has 1 fully saturated rings. The summed E-state index contributed by atoms with van der Waals surface area (Å²) in [5.74, 6) is -0.670. The van der Waals surface area contributed by atoms with Crippen LogP contribution in [-0.2, 0) is 27.4 Å². The van der Waals surface area contributed by atoms with Crippen LogP contribution in [-0.4, -0.2) is 43.0 Å². The number of para-hydroxylation sites is 1. The number of morpholine rings is 1. The highest BCUT2D eigenvalue weighted by atomic mass is 16.5. The molecule has 1 atom stereocenters. The van der Waals surface area contributed by atoms with Crippen molar-refractivity contribution in [3.63, 3.8) is 0 Å². The van der Waals surface area contributed by atoms with E-state index in [1.165, 1.54) is 5.56 Å². The van der Waals surface area contributed by atoms with Gasteiger partial charge in [0.25, 0.3) is 0 Å². The lowest BCUT2D eigenvalue weighted by Gasteiger charge is -2.26. The lowest BCUT2D eigenvalue weighted by atomic mass is 9.90. The van der Waals surface area contributed by atoms with Crippen LogP contribution in [0.3, 0.4) is 0 Å². The molecule has 6 heteroatoms. The van der Waals surface area contributed by atoms with Crippen molar-refractivity contribution in [3.8, 4) is 0 Å². The Morgan fingerprint density at radius 1 is 1.07 bits per heavy atom. The molecule has 0 aliphatic carbocycles. The number of carbonyl (C=O) groups excluding carboxylic acids is 2. The van der Waals surface area contributed by atoms with Gasteiger partial charge in [-0.2, -0.15) is 0 Å². The van der Waals surface area contributed by atoms with E-state index in [1.54, 1.807) is 0 Å². The number of hydrogen-bond donors (Lipinski definition) is 2. The number of rotatable bonds is 5. The second-order valence-corrected chi connectivity index (χ2v) is 7.31. The average Bonchev–Trinajstić information content (AvgIpc) is 2.73. The van der Waals surface area contributed by atoms with E-state index >= 15 is 0 Å². The number of ether oxygens (including phenoxy) is 1. The van der Waals surface area contributed by atoms with E-state index in [0.717, 1.165) is 49.7 Å². The van der Waals surface area contributed by atoms with Gasteiger partial charge < -0.3 is 15.4 Å².